The van der Waals surface area contributed by atoms with Crippen LogP contribution in [0.3, 0.4) is 0 Å². The Morgan fingerprint density at radius 3 is 2.76 bits per heavy atom. The van der Waals surface area contributed by atoms with Gasteiger partial charge in [0, 0.05) is 10.9 Å². The summed E-state index contributed by atoms with van der Waals surface area (Å²) in [6.45, 7) is 4.14. The molecule has 1 N–H and O–H groups in total. The third kappa shape index (κ3) is 3.11. The monoisotopic (exact) mass is 300 g/mol. The van der Waals surface area contributed by atoms with Gasteiger partial charge in [0.05, 0.1) is 16.7 Å². The molecule has 1 aromatic carbocycles. The maximum Gasteiger partial charge on any atom is 0.264 e. The summed E-state index contributed by atoms with van der Waals surface area (Å²) in [7, 11) is 0. The molecule has 3 aromatic rings. The Morgan fingerprint density at radius 2 is 2.05 bits per heavy atom. The van der Waals surface area contributed by atoms with Crippen molar-refractivity contribution in [1.29, 1.82) is 0 Å². The summed E-state index contributed by atoms with van der Waals surface area (Å²) in [5, 5.41) is 10.4. The van der Waals surface area contributed by atoms with Crippen LogP contribution in [-0.2, 0) is 6.42 Å². The number of aryl methyl sites for hydroxylation is 1. The highest BCUT2D eigenvalue weighted by molar-refractivity contribution is 7.09. The number of nitrogens with one attached hydrogen (secondary N) is 1. The molecule has 3 rings (SSSR count). The van der Waals surface area contributed by atoms with Crippen LogP contribution in [0, 0.1) is 0 Å². The second-order valence-corrected chi connectivity index (χ2v) is 5.62. The second-order valence-electron chi connectivity index (χ2n) is 4.67. The van der Waals surface area contributed by atoms with E-state index in [1.54, 1.807) is 11.3 Å². The molecule has 6 heteroatoms. The van der Waals surface area contributed by atoms with Crippen LogP contribution in [0.25, 0.3) is 11.5 Å². The molecule has 0 amide bonds. The second kappa shape index (κ2) is 6.05. The first-order valence-corrected chi connectivity index (χ1v) is 7.74. The van der Waals surface area contributed by atoms with E-state index in [2.05, 4.69) is 32.7 Å². The van der Waals surface area contributed by atoms with Crippen molar-refractivity contribution >= 4 is 17.3 Å². The van der Waals surface area contributed by atoms with E-state index in [1.807, 2.05) is 37.3 Å². The molecule has 0 saturated heterocycles. The lowest BCUT2D eigenvalue weighted by atomic mass is 10.2. The molecule has 1 atom stereocenters. The van der Waals surface area contributed by atoms with Crippen molar-refractivity contribution in [2.75, 3.05) is 5.32 Å². The minimum atomic E-state index is 0.0442. The Kier molecular flexibility index (Phi) is 3.96. The fraction of sp³-hybridized carbons (Fsp3) is 0.267. The third-order valence-electron chi connectivity index (χ3n) is 3.11. The van der Waals surface area contributed by atoms with Gasteiger partial charge in [0.25, 0.3) is 11.8 Å². The summed E-state index contributed by atoms with van der Waals surface area (Å²) in [5.41, 5.74) is 1.91. The molecular formula is C15H16N4OS. The number of nitrogens with zero attached hydrogens (tertiary/aromatic N) is 3. The van der Waals surface area contributed by atoms with Gasteiger partial charge in [-0.2, -0.15) is 4.98 Å². The maximum absolute atomic E-state index is 5.27. The highest BCUT2D eigenvalue weighted by atomic mass is 32.1. The summed E-state index contributed by atoms with van der Waals surface area (Å²) in [6.07, 6.45) is 0.956. The normalized spacial score (nSPS) is 12.3. The van der Waals surface area contributed by atoms with E-state index in [0.717, 1.165) is 22.7 Å². The van der Waals surface area contributed by atoms with Gasteiger partial charge in [-0.15, -0.1) is 11.3 Å². The number of benzene rings is 1. The van der Waals surface area contributed by atoms with E-state index < -0.39 is 0 Å². The Hall–Kier alpha value is -2.21. The van der Waals surface area contributed by atoms with Gasteiger partial charge in [0.1, 0.15) is 0 Å². The number of anilines is 1. The van der Waals surface area contributed by atoms with E-state index in [0.29, 0.717) is 11.8 Å². The van der Waals surface area contributed by atoms with Crippen molar-refractivity contribution in [2.45, 2.75) is 26.3 Å². The van der Waals surface area contributed by atoms with Crippen LogP contribution in [0.15, 0.2) is 40.2 Å². The van der Waals surface area contributed by atoms with Gasteiger partial charge in [-0.1, -0.05) is 25.1 Å². The zero-order valence-corrected chi connectivity index (χ0v) is 12.7. The van der Waals surface area contributed by atoms with Crippen molar-refractivity contribution < 1.29 is 4.52 Å². The fourth-order valence-electron chi connectivity index (χ4n) is 1.93. The first-order chi connectivity index (χ1) is 10.3. The zero-order chi connectivity index (χ0) is 14.7. The van der Waals surface area contributed by atoms with Crippen LogP contribution in [0.1, 0.15) is 30.6 Å². The molecule has 1 unspecified atom stereocenters. The first kappa shape index (κ1) is 13.8. The molecule has 0 aliphatic carbocycles. The lowest BCUT2D eigenvalue weighted by Crippen LogP contribution is -2.08. The molecule has 21 heavy (non-hydrogen) atoms. The SMILES string of the molecule is CCc1nc(C(C)Nc2noc(-c3ccccc3)n2)cs1. The van der Waals surface area contributed by atoms with Gasteiger partial charge in [-0.3, -0.25) is 0 Å². The summed E-state index contributed by atoms with van der Waals surface area (Å²) in [6, 6.07) is 9.76. The number of thiazole rings is 1. The average Bonchev–Trinajstić information content (AvgIpc) is 3.17. The van der Waals surface area contributed by atoms with Gasteiger partial charge in [-0.05, 0) is 30.6 Å². The molecule has 0 aliphatic rings. The van der Waals surface area contributed by atoms with Gasteiger partial charge in [-0.25, -0.2) is 4.98 Å². The van der Waals surface area contributed by atoms with Crippen molar-refractivity contribution in [2.24, 2.45) is 0 Å². The van der Waals surface area contributed by atoms with Crippen molar-refractivity contribution in [1.82, 2.24) is 15.1 Å². The summed E-state index contributed by atoms with van der Waals surface area (Å²) < 4.78 is 5.27. The largest absolute Gasteiger partial charge is 0.343 e. The molecule has 0 radical (unpaired) electrons. The number of hydrogen-bond donors (Lipinski definition) is 1. The van der Waals surface area contributed by atoms with E-state index in [4.69, 9.17) is 4.52 Å². The number of hydrogen-bond acceptors (Lipinski definition) is 6. The van der Waals surface area contributed by atoms with Crippen LogP contribution < -0.4 is 5.32 Å². The molecule has 2 aromatic heterocycles. The van der Waals surface area contributed by atoms with Gasteiger partial charge in [0.2, 0.25) is 0 Å². The molecule has 2 heterocycles. The number of rotatable bonds is 5. The lowest BCUT2D eigenvalue weighted by Gasteiger charge is -2.08. The molecule has 0 fully saturated rings. The van der Waals surface area contributed by atoms with E-state index in [9.17, 15) is 0 Å². The molecule has 0 bridgehead atoms. The Morgan fingerprint density at radius 1 is 1.24 bits per heavy atom. The Bertz CT molecular complexity index is 707. The van der Waals surface area contributed by atoms with Gasteiger partial charge in [0.15, 0.2) is 0 Å². The van der Waals surface area contributed by atoms with Crippen molar-refractivity contribution in [3.05, 3.63) is 46.4 Å². The van der Waals surface area contributed by atoms with E-state index in [1.165, 1.54) is 0 Å². The molecule has 0 aliphatic heterocycles. The van der Waals surface area contributed by atoms with Crippen LogP contribution in [0.2, 0.25) is 0 Å². The predicted molar refractivity (Wildman–Crippen MR) is 83.3 cm³/mol. The topological polar surface area (TPSA) is 63.8 Å². The van der Waals surface area contributed by atoms with Crippen LogP contribution in [0.5, 0.6) is 0 Å². The minimum absolute atomic E-state index is 0.0442. The predicted octanol–water partition coefficient (Wildman–Crippen LogP) is 3.93. The van der Waals surface area contributed by atoms with Crippen molar-refractivity contribution in [3.63, 3.8) is 0 Å². The van der Waals surface area contributed by atoms with Gasteiger partial charge >= 0.3 is 0 Å². The number of aromatic nitrogens is 3. The van der Waals surface area contributed by atoms with Crippen LogP contribution >= 0.6 is 11.3 Å². The Labute approximate surface area is 127 Å². The maximum atomic E-state index is 5.27. The summed E-state index contributed by atoms with van der Waals surface area (Å²) >= 11 is 1.68. The lowest BCUT2D eigenvalue weighted by molar-refractivity contribution is 0.431. The molecular weight excluding hydrogens is 284 g/mol. The van der Waals surface area contributed by atoms with Crippen LogP contribution in [-0.4, -0.2) is 15.1 Å². The Balaban J connectivity index is 1.72. The molecule has 0 spiro atoms. The minimum Gasteiger partial charge on any atom is -0.343 e. The highest BCUT2D eigenvalue weighted by Crippen LogP contribution is 2.22. The standard InChI is InChI=1S/C15H16N4OS/c1-3-13-17-12(9-21-13)10(2)16-15-18-14(20-19-15)11-7-5-4-6-8-11/h4-10H,3H2,1-2H3,(H,16,19). The van der Waals surface area contributed by atoms with Crippen molar-refractivity contribution in [3.8, 4) is 11.5 Å². The van der Waals surface area contributed by atoms with Crippen LogP contribution in [0.4, 0.5) is 5.95 Å². The first-order valence-electron chi connectivity index (χ1n) is 6.86. The molecule has 0 saturated carbocycles. The third-order valence-corrected chi connectivity index (χ3v) is 4.12. The fourth-order valence-corrected chi connectivity index (χ4v) is 2.77. The van der Waals surface area contributed by atoms with Gasteiger partial charge < -0.3 is 9.84 Å². The summed E-state index contributed by atoms with van der Waals surface area (Å²) in [5.74, 6) is 0.991. The molecule has 5 nitrogen and oxygen atoms in total. The zero-order valence-electron chi connectivity index (χ0n) is 11.9. The summed E-state index contributed by atoms with van der Waals surface area (Å²) in [4.78, 5) is 8.92. The highest BCUT2D eigenvalue weighted by Gasteiger charge is 2.14. The van der Waals surface area contributed by atoms with E-state index in [-0.39, 0.29) is 6.04 Å². The quantitative estimate of drug-likeness (QED) is 0.773. The van der Waals surface area contributed by atoms with E-state index >= 15 is 0 Å². The smallest absolute Gasteiger partial charge is 0.264 e. The molecule has 108 valence electrons. The average molecular weight is 300 g/mol.